The summed E-state index contributed by atoms with van der Waals surface area (Å²) < 4.78 is 36.8. The summed E-state index contributed by atoms with van der Waals surface area (Å²) in [6, 6.07) is 41.2. The summed E-state index contributed by atoms with van der Waals surface area (Å²) in [5, 5.41) is 0. The number of cyclic esters (lactones) is 2. The molecule has 3 aliphatic rings. The van der Waals surface area contributed by atoms with Crippen LogP contribution in [0, 0.1) is 11.8 Å². The van der Waals surface area contributed by atoms with Crippen molar-refractivity contribution in [2.24, 2.45) is 11.8 Å². The van der Waals surface area contributed by atoms with Crippen LogP contribution >= 0.6 is 0 Å². The molecule has 0 aliphatic carbocycles. The van der Waals surface area contributed by atoms with Gasteiger partial charge in [0, 0.05) is 40.5 Å². The van der Waals surface area contributed by atoms with E-state index in [-0.39, 0.29) is 56.6 Å². The molecule has 4 aromatic rings. The van der Waals surface area contributed by atoms with E-state index in [1.807, 2.05) is 62.4 Å². The molecule has 2 atom stereocenters. The van der Waals surface area contributed by atoms with Crippen molar-refractivity contribution in [3.05, 3.63) is 166 Å². The van der Waals surface area contributed by atoms with Crippen LogP contribution in [0.2, 0.25) is 0 Å². The maximum atomic E-state index is 14.1. The maximum Gasteiger partial charge on any atom is 0.337 e. The van der Waals surface area contributed by atoms with Crippen LogP contribution in [0.25, 0.3) is 0 Å². The van der Waals surface area contributed by atoms with E-state index in [1.165, 1.54) is 0 Å². The zero-order chi connectivity index (χ0) is 38.8. The first-order valence-electron chi connectivity index (χ1n) is 19.9. The second-order valence-corrected chi connectivity index (χ2v) is 14.7. The predicted octanol–water partition coefficient (Wildman–Crippen LogP) is 9.19. The van der Waals surface area contributed by atoms with Gasteiger partial charge in [-0.25, -0.2) is 4.79 Å². The lowest BCUT2D eigenvalue weighted by Crippen LogP contribution is -2.37. The van der Waals surface area contributed by atoms with Crippen molar-refractivity contribution >= 4 is 11.9 Å². The molecule has 0 spiro atoms. The number of fused-ring (bicyclic) bond motifs is 2. The van der Waals surface area contributed by atoms with Crippen molar-refractivity contribution in [3.63, 3.8) is 0 Å². The molecular formula is C48H52O8. The number of hydrogen-bond donors (Lipinski definition) is 0. The van der Waals surface area contributed by atoms with Crippen LogP contribution in [0.5, 0.6) is 0 Å². The molecule has 0 radical (unpaired) electrons. The van der Waals surface area contributed by atoms with E-state index in [0.29, 0.717) is 37.4 Å². The van der Waals surface area contributed by atoms with Gasteiger partial charge in [-0.05, 0) is 38.7 Å². The minimum Gasteiger partial charge on any atom is -0.482 e. The number of ether oxygens (including phenoxy) is 6. The minimum absolute atomic E-state index is 0.0594. The molecule has 1 saturated heterocycles. The largest absolute Gasteiger partial charge is 0.482 e. The number of esters is 2. The molecule has 0 aromatic heterocycles. The quantitative estimate of drug-likeness (QED) is 0.191. The smallest absolute Gasteiger partial charge is 0.337 e. The third-order valence-corrected chi connectivity index (χ3v) is 11.4. The maximum absolute atomic E-state index is 14.1. The highest BCUT2D eigenvalue weighted by molar-refractivity contribution is 5.91. The molecule has 3 heterocycles. The van der Waals surface area contributed by atoms with Crippen LogP contribution in [-0.4, -0.2) is 51.6 Å². The highest BCUT2D eigenvalue weighted by Gasteiger charge is 2.54. The van der Waals surface area contributed by atoms with Crippen molar-refractivity contribution in [1.82, 2.24) is 0 Å². The summed E-state index contributed by atoms with van der Waals surface area (Å²) in [6.07, 6.45) is 3.84. The summed E-state index contributed by atoms with van der Waals surface area (Å²) in [4.78, 5) is 27.2. The fraction of sp³-hybridized carbons (Fsp3) is 0.375. The molecule has 1 fully saturated rings. The van der Waals surface area contributed by atoms with Gasteiger partial charge in [0.15, 0.2) is 11.2 Å². The Hall–Kier alpha value is -5.18. The van der Waals surface area contributed by atoms with E-state index in [9.17, 15) is 9.59 Å². The molecular weight excluding hydrogens is 705 g/mol. The van der Waals surface area contributed by atoms with Crippen LogP contribution < -0.4 is 0 Å². The fourth-order valence-corrected chi connectivity index (χ4v) is 8.98. The van der Waals surface area contributed by atoms with Gasteiger partial charge in [0.2, 0.25) is 0 Å². The lowest BCUT2D eigenvalue weighted by atomic mass is 9.70. The van der Waals surface area contributed by atoms with Gasteiger partial charge in [0.25, 0.3) is 0 Å². The summed E-state index contributed by atoms with van der Waals surface area (Å²) in [5.74, 6) is 0.372. The normalized spacial score (nSPS) is 22.6. The van der Waals surface area contributed by atoms with Crippen LogP contribution in [-0.2, 0) is 49.2 Å². The molecule has 7 rings (SSSR count). The van der Waals surface area contributed by atoms with Crippen LogP contribution in [0.4, 0.5) is 0 Å². The summed E-state index contributed by atoms with van der Waals surface area (Å²) in [6.45, 7) is 5.31. The molecule has 4 aromatic carbocycles. The average molecular weight is 757 g/mol. The lowest BCUT2D eigenvalue weighted by molar-refractivity contribution is -0.145. The number of carbonyl (C=O) groups is 2. The zero-order valence-electron chi connectivity index (χ0n) is 32.5. The second-order valence-electron chi connectivity index (χ2n) is 14.7. The van der Waals surface area contributed by atoms with E-state index < -0.39 is 11.2 Å². The molecule has 0 N–H and O–H groups in total. The first kappa shape index (κ1) is 39.1. The minimum atomic E-state index is -0.932. The van der Waals surface area contributed by atoms with Crippen LogP contribution in [0.3, 0.4) is 0 Å². The Morgan fingerprint density at radius 2 is 0.893 bits per heavy atom. The summed E-state index contributed by atoms with van der Waals surface area (Å²) in [7, 11) is 0. The summed E-state index contributed by atoms with van der Waals surface area (Å²) >= 11 is 0. The molecule has 8 nitrogen and oxygen atoms in total. The molecule has 56 heavy (non-hydrogen) atoms. The Morgan fingerprint density at radius 1 is 0.482 bits per heavy atom. The van der Waals surface area contributed by atoms with Gasteiger partial charge >= 0.3 is 11.9 Å². The third kappa shape index (κ3) is 8.04. The van der Waals surface area contributed by atoms with Crippen LogP contribution in [0.15, 0.2) is 144 Å². The zero-order valence-corrected chi connectivity index (χ0v) is 32.5. The Bertz CT molecular complexity index is 1890. The first-order chi connectivity index (χ1) is 27.4. The molecule has 0 saturated carbocycles. The fourth-order valence-electron chi connectivity index (χ4n) is 8.98. The highest BCUT2D eigenvalue weighted by atomic mass is 16.6. The summed E-state index contributed by atoms with van der Waals surface area (Å²) in [5.41, 5.74) is 4.06. The van der Waals surface area contributed by atoms with Gasteiger partial charge in [-0.2, -0.15) is 0 Å². The topological polar surface area (TPSA) is 89.5 Å². The Balaban J connectivity index is 1.25. The third-order valence-electron chi connectivity index (χ3n) is 11.4. The molecule has 0 bridgehead atoms. The van der Waals surface area contributed by atoms with Crippen molar-refractivity contribution in [1.29, 1.82) is 0 Å². The van der Waals surface area contributed by atoms with Crippen molar-refractivity contribution in [2.75, 3.05) is 39.6 Å². The Kier molecular flexibility index (Phi) is 12.7. The van der Waals surface area contributed by atoms with Gasteiger partial charge in [0.05, 0.1) is 37.8 Å². The molecule has 8 heteroatoms. The monoisotopic (exact) mass is 756 g/mol. The number of rotatable bonds is 4. The van der Waals surface area contributed by atoms with Crippen molar-refractivity contribution in [3.8, 4) is 0 Å². The van der Waals surface area contributed by atoms with Gasteiger partial charge in [0.1, 0.15) is 19.0 Å². The number of allylic oxidation sites excluding steroid dienone is 2. The molecule has 0 amide bonds. The molecule has 3 aliphatic heterocycles. The number of benzene rings is 4. The van der Waals surface area contributed by atoms with E-state index in [0.717, 1.165) is 52.8 Å². The van der Waals surface area contributed by atoms with Crippen molar-refractivity contribution in [2.45, 2.75) is 63.6 Å². The van der Waals surface area contributed by atoms with Crippen LogP contribution in [0.1, 0.15) is 74.6 Å². The highest BCUT2D eigenvalue weighted by Crippen LogP contribution is 2.56. The predicted molar refractivity (Wildman–Crippen MR) is 213 cm³/mol. The second kappa shape index (κ2) is 18.2. The molecule has 2 unspecified atom stereocenters. The van der Waals surface area contributed by atoms with Crippen molar-refractivity contribution < 1.29 is 38.0 Å². The lowest BCUT2D eigenvalue weighted by Gasteiger charge is -2.38. The first-order valence-corrected chi connectivity index (χ1v) is 19.9. The Morgan fingerprint density at radius 3 is 1.39 bits per heavy atom. The number of carbonyl (C=O) groups excluding carboxylic acids is 2. The van der Waals surface area contributed by atoms with Gasteiger partial charge in [-0.1, -0.05) is 134 Å². The van der Waals surface area contributed by atoms with E-state index in [1.54, 1.807) is 0 Å². The SMILES string of the molecule is CC1=C2CCC(=O)OCCOCCOCCOC(=O)C3=C(C)OC(c4ccccc4)(c4ccccc4)C3CCCCC2C(c2ccccc2)(c2ccccc2)O1. The average Bonchev–Trinajstić information content (AvgIpc) is 3.70. The molecule has 292 valence electrons. The van der Waals surface area contributed by atoms with Gasteiger partial charge in [-0.3, -0.25) is 4.79 Å². The van der Waals surface area contributed by atoms with E-state index in [2.05, 4.69) is 72.8 Å². The number of hydrogen-bond acceptors (Lipinski definition) is 8. The van der Waals surface area contributed by atoms with Gasteiger partial charge in [-0.15, -0.1) is 0 Å². The standard InChI is InChI=1S/C48H52O8/c1-35-41-27-28-44(49)53-33-31-51-29-30-52-32-34-54-46(50)45-36(2)56-48(39-21-11-5-12-22-39,40-23-13-6-14-24-40)43(45)26-16-15-25-42(41)47(55-35,37-17-7-3-8-18-37)38-19-9-4-10-20-38/h3-14,17-24,42-43H,15-16,25-34H2,1-2H3. The Labute approximate surface area is 330 Å². The van der Waals surface area contributed by atoms with E-state index >= 15 is 0 Å². The van der Waals surface area contributed by atoms with Gasteiger partial charge < -0.3 is 28.4 Å². The van der Waals surface area contributed by atoms with E-state index in [4.69, 9.17) is 28.4 Å².